The minimum atomic E-state index is 0.167. The molecule has 1 unspecified atom stereocenters. The fraction of sp³-hybridized carbons (Fsp3) is 0.556. The van der Waals surface area contributed by atoms with E-state index in [0.29, 0.717) is 5.92 Å². The summed E-state index contributed by atoms with van der Waals surface area (Å²) in [7, 11) is 0. The van der Waals surface area contributed by atoms with Gasteiger partial charge in [0.2, 0.25) is 0 Å². The number of rotatable bonds is 3. The molecule has 1 fully saturated rings. The van der Waals surface area contributed by atoms with Crippen LogP contribution < -0.4 is 11.3 Å². The first-order valence-electron chi connectivity index (χ1n) is 4.63. The van der Waals surface area contributed by atoms with E-state index in [0.717, 1.165) is 14.2 Å². The molecule has 0 saturated heterocycles. The van der Waals surface area contributed by atoms with Crippen LogP contribution in [0.1, 0.15) is 30.9 Å². The van der Waals surface area contributed by atoms with Crippen LogP contribution >= 0.6 is 34.5 Å². The molecule has 3 N–H and O–H groups in total. The van der Waals surface area contributed by atoms with Crippen molar-refractivity contribution in [1.29, 1.82) is 0 Å². The van der Waals surface area contributed by atoms with Crippen molar-refractivity contribution in [1.82, 2.24) is 5.43 Å². The molecular formula is C9H12Cl2N2S. The van der Waals surface area contributed by atoms with Crippen molar-refractivity contribution in [2.75, 3.05) is 0 Å². The largest absolute Gasteiger partial charge is 0.271 e. The second kappa shape index (κ2) is 4.37. The quantitative estimate of drug-likeness (QED) is 0.638. The average Bonchev–Trinajstić information content (AvgIpc) is 2.37. The number of nitrogens with one attached hydrogen (secondary N) is 1. The van der Waals surface area contributed by atoms with Crippen molar-refractivity contribution in [3.05, 3.63) is 20.3 Å². The molecule has 5 heteroatoms. The Morgan fingerprint density at radius 1 is 1.50 bits per heavy atom. The molecule has 2 rings (SSSR count). The summed E-state index contributed by atoms with van der Waals surface area (Å²) in [5.41, 5.74) is 3.89. The number of hydrazine groups is 1. The summed E-state index contributed by atoms with van der Waals surface area (Å²) >= 11 is 13.4. The second-order valence-corrected chi connectivity index (χ2v) is 5.90. The molecule has 2 nitrogen and oxygen atoms in total. The molecule has 78 valence electrons. The summed E-state index contributed by atoms with van der Waals surface area (Å²) in [5.74, 6) is 6.16. The van der Waals surface area contributed by atoms with Crippen molar-refractivity contribution >= 4 is 34.5 Å². The number of halogens is 2. The first-order valence-corrected chi connectivity index (χ1v) is 6.20. The molecule has 1 aliphatic carbocycles. The van der Waals surface area contributed by atoms with E-state index >= 15 is 0 Å². The van der Waals surface area contributed by atoms with Crippen molar-refractivity contribution in [3.63, 3.8) is 0 Å². The third kappa shape index (κ3) is 1.92. The van der Waals surface area contributed by atoms with Crippen molar-refractivity contribution in [3.8, 4) is 0 Å². The van der Waals surface area contributed by atoms with Gasteiger partial charge in [-0.05, 0) is 24.8 Å². The lowest BCUT2D eigenvalue weighted by molar-refractivity contribution is 0.232. The Kier molecular flexibility index (Phi) is 3.34. The van der Waals surface area contributed by atoms with Crippen LogP contribution in [0.15, 0.2) is 6.07 Å². The van der Waals surface area contributed by atoms with Gasteiger partial charge in [-0.2, -0.15) is 0 Å². The lowest BCUT2D eigenvalue weighted by Crippen LogP contribution is -2.36. The fourth-order valence-electron chi connectivity index (χ4n) is 1.82. The Bertz CT molecular complexity index is 323. The standard InChI is InChI=1S/C9H12Cl2N2S/c10-7-4-6(9(11)14-7)8(13-12)5-2-1-3-5/h4-5,8,13H,1-3,12H2. The molecule has 0 radical (unpaired) electrons. The van der Waals surface area contributed by atoms with E-state index in [1.807, 2.05) is 6.07 Å². The molecule has 1 aliphatic rings. The molecule has 1 atom stereocenters. The molecule has 0 aromatic carbocycles. The van der Waals surface area contributed by atoms with Crippen LogP contribution in [-0.2, 0) is 0 Å². The van der Waals surface area contributed by atoms with E-state index in [-0.39, 0.29) is 6.04 Å². The predicted octanol–water partition coefficient (Wildman–Crippen LogP) is 3.36. The first-order chi connectivity index (χ1) is 6.72. The van der Waals surface area contributed by atoms with Crippen LogP contribution in [0.4, 0.5) is 0 Å². The molecule has 0 aliphatic heterocycles. The van der Waals surface area contributed by atoms with Crippen LogP contribution in [-0.4, -0.2) is 0 Å². The highest BCUT2D eigenvalue weighted by molar-refractivity contribution is 7.20. The molecule has 1 heterocycles. The predicted molar refractivity (Wildman–Crippen MR) is 61.7 cm³/mol. The van der Waals surface area contributed by atoms with Gasteiger partial charge >= 0.3 is 0 Å². The minimum Gasteiger partial charge on any atom is -0.271 e. The van der Waals surface area contributed by atoms with Gasteiger partial charge in [-0.15, -0.1) is 11.3 Å². The van der Waals surface area contributed by atoms with E-state index < -0.39 is 0 Å². The third-order valence-corrected chi connectivity index (χ3v) is 4.34. The zero-order valence-corrected chi connectivity index (χ0v) is 9.92. The Hall–Kier alpha value is 0.200. The van der Waals surface area contributed by atoms with E-state index in [1.54, 1.807) is 0 Å². The Morgan fingerprint density at radius 3 is 2.57 bits per heavy atom. The normalized spacial score (nSPS) is 19.4. The molecule has 14 heavy (non-hydrogen) atoms. The van der Waals surface area contributed by atoms with E-state index in [4.69, 9.17) is 29.0 Å². The Balaban J connectivity index is 2.21. The van der Waals surface area contributed by atoms with Gasteiger partial charge in [-0.3, -0.25) is 11.3 Å². The smallest absolute Gasteiger partial charge is 0.0992 e. The van der Waals surface area contributed by atoms with Crippen molar-refractivity contribution in [2.45, 2.75) is 25.3 Å². The highest BCUT2D eigenvalue weighted by atomic mass is 35.5. The maximum absolute atomic E-state index is 6.08. The molecule has 1 aromatic heterocycles. The maximum atomic E-state index is 6.08. The monoisotopic (exact) mass is 250 g/mol. The Labute approximate surface area is 97.4 Å². The van der Waals surface area contributed by atoms with Crippen LogP contribution in [0, 0.1) is 5.92 Å². The summed E-state index contributed by atoms with van der Waals surface area (Å²) in [6.45, 7) is 0. The van der Waals surface area contributed by atoms with Crippen LogP contribution in [0.5, 0.6) is 0 Å². The topological polar surface area (TPSA) is 38.0 Å². The molecule has 0 spiro atoms. The summed E-state index contributed by atoms with van der Waals surface area (Å²) in [6.07, 6.45) is 3.73. The summed E-state index contributed by atoms with van der Waals surface area (Å²) in [4.78, 5) is 0. The zero-order valence-electron chi connectivity index (χ0n) is 7.59. The van der Waals surface area contributed by atoms with Gasteiger partial charge in [0.1, 0.15) is 0 Å². The summed E-state index contributed by atoms with van der Waals surface area (Å²) in [5, 5.41) is 0. The molecule has 0 bridgehead atoms. The summed E-state index contributed by atoms with van der Waals surface area (Å²) in [6, 6.07) is 2.08. The molecule has 1 aromatic rings. The van der Waals surface area contributed by atoms with E-state index in [1.165, 1.54) is 30.6 Å². The molecule has 1 saturated carbocycles. The SMILES string of the molecule is NNC(c1cc(Cl)sc1Cl)C1CCC1. The van der Waals surface area contributed by atoms with Crippen LogP contribution in [0.3, 0.4) is 0 Å². The average molecular weight is 251 g/mol. The van der Waals surface area contributed by atoms with E-state index in [9.17, 15) is 0 Å². The van der Waals surface area contributed by atoms with Crippen LogP contribution in [0.2, 0.25) is 8.67 Å². The number of thiophene rings is 1. The van der Waals surface area contributed by atoms with Gasteiger partial charge in [0.15, 0.2) is 0 Å². The Morgan fingerprint density at radius 2 is 2.21 bits per heavy atom. The van der Waals surface area contributed by atoms with Crippen LogP contribution in [0.25, 0.3) is 0 Å². The van der Waals surface area contributed by atoms with Gasteiger partial charge in [-0.1, -0.05) is 29.6 Å². The number of nitrogens with two attached hydrogens (primary N) is 1. The zero-order chi connectivity index (χ0) is 10.1. The van der Waals surface area contributed by atoms with E-state index in [2.05, 4.69) is 5.43 Å². The van der Waals surface area contributed by atoms with Crippen molar-refractivity contribution < 1.29 is 0 Å². The highest BCUT2D eigenvalue weighted by Gasteiger charge is 2.29. The number of hydrogen-bond acceptors (Lipinski definition) is 3. The maximum Gasteiger partial charge on any atom is 0.0992 e. The third-order valence-electron chi connectivity index (χ3n) is 2.82. The minimum absolute atomic E-state index is 0.167. The lowest BCUT2D eigenvalue weighted by Gasteiger charge is -2.33. The first kappa shape index (κ1) is 10.7. The van der Waals surface area contributed by atoms with Gasteiger partial charge in [0, 0.05) is 5.56 Å². The van der Waals surface area contributed by atoms with Gasteiger partial charge in [0.05, 0.1) is 14.7 Å². The van der Waals surface area contributed by atoms with Gasteiger partial charge < -0.3 is 0 Å². The molecule has 0 amide bonds. The fourth-order valence-corrected chi connectivity index (χ4v) is 3.37. The lowest BCUT2D eigenvalue weighted by atomic mass is 9.78. The van der Waals surface area contributed by atoms with Gasteiger partial charge in [0.25, 0.3) is 0 Å². The second-order valence-electron chi connectivity index (χ2n) is 3.61. The van der Waals surface area contributed by atoms with Crippen molar-refractivity contribution in [2.24, 2.45) is 11.8 Å². The van der Waals surface area contributed by atoms with Gasteiger partial charge in [-0.25, -0.2) is 0 Å². The highest BCUT2D eigenvalue weighted by Crippen LogP contribution is 2.43. The summed E-state index contributed by atoms with van der Waals surface area (Å²) < 4.78 is 1.48. The number of hydrogen-bond donors (Lipinski definition) is 2. The molecular weight excluding hydrogens is 239 g/mol.